The van der Waals surface area contributed by atoms with Gasteiger partial charge in [-0.15, -0.1) is 0 Å². The van der Waals surface area contributed by atoms with Crippen LogP contribution in [0.15, 0.2) is 42.5 Å². The van der Waals surface area contributed by atoms with E-state index in [1.54, 1.807) is 6.07 Å². The van der Waals surface area contributed by atoms with Crippen LogP contribution in [-0.2, 0) is 16.8 Å². The first-order chi connectivity index (χ1) is 10.8. The van der Waals surface area contributed by atoms with Crippen molar-refractivity contribution in [3.63, 3.8) is 0 Å². The van der Waals surface area contributed by atoms with E-state index in [4.69, 9.17) is 9.47 Å². The molecule has 0 spiro atoms. The van der Waals surface area contributed by atoms with Crippen LogP contribution in [0, 0.1) is 5.82 Å². The fraction of sp³-hybridized carbons (Fsp3) is 0.316. The summed E-state index contributed by atoms with van der Waals surface area (Å²) in [6.07, 6.45) is 0. The molecule has 23 heavy (non-hydrogen) atoms. The van der Waals surface area contributed by atoms with E-state index in [0.717, 1.165) is 5.56 Å². The number of halogens is 1. The molecule has 0 saturated heterocycles. The van der Waals surface area contributed by atoms with Crippen LogP contribution in [0.2, 0.25) is 0 Å². The van der Waals surface area contributed by atoms with Gasteiger partial charge in [0.05, 0.1) is 0 Å². The van der Waals surface area contributed by atoms with Crippen LogP contribution in [-0.4, -0.2) is 5.97 Å². The van der Waals surface area contributed by atoms with Gasteiger partial charge in [0.25, 0.3) is 0 Å². The quantitative estimate of drug-likeness (QED) is 0.609. The van der Waals surface area contributed by atoms with Gasteiger partial charge in [0, 0.05) is 12.5 Å². The summed E-state index contributed by atoms with van der Waals surface area (Å²) in [4.78, 5) is 11.1. The van der Waals surface area contributed by atoms with Gasteiger partial charge in [0.2, 0.25) is 0 Å². The molecule has 0 saturated carbocycles. The van der Waals surface area contributed by atoms with Crippen molar-refractivity contribution in [1.29, 1.82) is 0 Å². The third kappa shape index (κ3) is 4.31. The number of hydrogen-bond donors (Lipinski definition) is 0. The van der Waals surface area contributed by atoms with E-state index in [2.05, 4.69) is 0 Å². The summed E-state index contributed by atoms with van der Waals surface area (Å²) in [6.45, 7) is 7.25. The monoisotopic (exact) mass is 316 g/mol. The summed E-state index contributed by atoms with van der Waals surface area (Å²) in [6, 6.07) is 12.7. The van der Waals surface area contributed by atoms with Gasteiger partial charge < -0.3 is 9.47 Å². The zero-order valence-corrected chi connectivity index (χ0v) is 13.9. The molecule has 0 aliphatic heterocycles. The van der Waals surface area contributed by atoms with Crippen LogP contribution in [0.5, 0.6) is 11.5 Å². The number of benzene rings is 2. The lowest BCUT2D eigenvalue weighted by Gasteiger charge is -2.24. The summed E-state index contributed by atoms with van der Waals surface area (Å²) < 4.78 is 25.5. The SMILES string of the molecule is CC(=O)Oc1ccc(OCc2ccccc2)c(C(C)(C)C)c1F. The first-order valence-corrected chi connectivity index (χ1v) is 7.47. The molecule has 0 amide bonds. The summed E-state index contributed by atoms with van der Waals surface area (Å²) in [5, 5.41) is 0. The van der Waals surface area contributed by atoms with Crippen LogP contribution in [0.4, 0.5) is 4.39 Å². The molecule has 0 bridgehead atoms. The van der Waals surface area contributed by atoms with Gasteiger partial charge in [0.1, 0.15) is 12.4 Å². The Bertz CT molecular complexity index is 688. The highest BCUT2D eigenvalue weighted by atomic mass is 19.1. The summed E-state index contributed by atoms with van der Waals surface area (Å²) in [7, 11) is 0. The minimum absolute atomic E-state index is 0.0745. The predicted octanol–water partition coefficient (Wildman–Crippen LogP) is 4.63. The minimum Gasteiger partial charge on any atom is -0.488 e. The van der Waals surface area contributed by atoms with Crippen LogP contribution in [0.25, 0.3) is 0 Å². The molecule has 2 aromatic rings. The largest absolute Gasteiger partial charge is 0.488 e. The molecule has 0 aromatic heterocycles. The molecule has 0 unspecified atom stereocenters. The molecule has 0 radical (unpaired) electrons. The molecule has 0 atom stereocenters. The number of hydrogen-bond acceptors (Lipinski definition) is 3. The van der Waals surface area contributed by atoms with Gasteiger partial charge in [-0.3, -0.25) is 4.79 Å². The maximum Gasteiger partial charge on any atom is 0.308 e. The van der Waals surface area contributed by atoms with E-state index in [1.165, 1.54) is 13.0 Å². The Morgan fingerprint density at radius 2 is 1.65 bits per heavy atom. The van der Waals surface area contributed by atoms with E-state index in [-0.39, 0.29) is 5.75 Å². The van der Waals surface area contributed by atoms with E-state index in [1.807, 2.05) is 51.1 Å². The molecule has 0 fully saturated rings. The molecule has 0 aliphatic carbocycles. The third-order valence-electron chi connectivity index (χ3n) is 3.31. The average molecular weight is 316 g/mol. The Labute approximate surface area is 136 Å². The van der Waals surface area contributed by atoms with Gasteiger partial charge >= 0.3 is 5.97 Å². The maximum atomic E-state index is 14.8. The maximum absolute atomic E-state index is 14.8. The van der Waals surface area contributed by atoms with Gasteiger partial charge in [0.15, 0.2) is 11.6 Å². The molecule has 4 heteroatoms. The molecule has 0 aliphatic rings. The van der Waals surface area contributed by atoms with Crippen molar-refractivity contribution in [2.45, 2.75) is 39.7 Å². The number of rotatable bonds is 4. The van der Waals surface area contributed by atoms with E-state index >= 15 is 0 Å². The van der Waals surface area contributed by atoms with Gasteiger partial charge in [-0.1, -0.05) is 51.1 Å². The first kappa shape index (κ1) is 17.0. The second-order valence-corrected chi connectivity index (χ2v) is 6.37. The number of carbonyl (C=O) groups is 1. The Balaban J connectivity index is 2.35. The highest BCUT2D eigenvalue weighted by molar-refractivity contribution is 5.69. The van der Waals surface area contributed by atoms with Crippen molar-refractivity contribution < 1.29 is 18.7 Å². The fourth-order valence-electron chi connectivity index (χ4n) is 2.33. The standard InChI is InChI=1S/C19H21FO3/c1-13(21)23-16-11-10-15(17(18(16)20)19(2,3)4)22-12-14-8-6-5-7-9-14/h5-11H,12H2,1-4H3. The topological polar surface area (TPSA) is 35.5 Å². The Kier molecular flexibility index (Phi) is 5.04. The van der Waals surface area contributed by atoms with Crippen LogP contribution in [0.1, 0.15) is 38.8 Å². The lowest BCUT2D eigenvalue weighted by molar-refractivity contribution is -0.132. The van der Waals surface area contributed by atoms with Crippen LogP contribution < -0.4 is 9.47 Å². The lowest BCUT2D eigenvalue weighted by Crippen LogP contribution is -2.17. The minimum atomic E-state index is -0.557. The summed E-state index contributed by atoms with van der Waals surface area (Å²) in [5.74, 6) is -0.732. The van der Waals surface area contributed by atoms with Crippen molar-refractivity contribution in [2.75, 3.05) is 0 Å². The molecule has 0 heterocycles. The Hall–Kier alpha value is -2.36. The molecular formula is C19H21FO3. The van der Waals surface area contributed by atoms with Crippen molar-refractivity contribution in [3.05, 3.63) is 59.4 Å². The predicted molar refractivity (Wildman–Crippen MR) is 87.2 cm³/mol. The normalized spacial score (nSPS) is 11.2. The van der Waals surface area contributed by atoms with Crippen molar-refractivity contribution in [2.24, 2.45) is 0 Å². The van der Waals surface area contributed by atoms with E-state index in [0.29, 0.717) is 17.9 Å². The third-order valence-corrected chi connectivity index (χ3v) is 3.31. The molecule has 2 aromatic carbocycles. The summed E-state index contributed by atoms with van der Waals surface area (Å²) in [5.41, 5.74) is 0.899. The highest BCUT2D eigenvalue weighted by Gasteiger charge is 2.27. The fourth-order valence-corrected chi connectivity index (χ4v) is 2.33. The van der Waals surface area contributed by atoms with E-state index in [9.17, 15) is 9.18 Å². The number of ether oxygens (including phenoxy) is 2. The van der Waals surface area contributed by atoms with Gasteiger partial charge in [-0.2, -0.15) is 0 Å². The average Bonchev–Trinajstić information content (AvgIpc) is 2.47. The van der Waals surface area contributed by atoms with Crippen molar-refractivity contribution in [1.82, 2.24) is 0 Å². The second-order valence-electron chi connectivity index (χ2n) is 6.37. The van der Waals surface area contributed by atoms with Gasteiger partial charge in [-0.05, 0) is 23.1 Å². The van der Waals surface area contributed by atoms with Crippen LogP contribution in [0.3, 0.4) is 0 Å². The van der Waals surface area contributed by atoms with Crippen LogP contribution >= 0.6 is 0 Å². The zero-order chi connectivity index (χ0) is 17.0. The Morgan fingerprint density at radius 1 is 1.04 bits per heavy atom. The lowest BCUT2D eigenvalue weighted by atomic mass is 9.85. The molecule has 3 nitrogen and oxygen atoms in total. The zero-order valence-electron chi connectivity index (χ0n) is 13.9. The molecular weight excluding hydrogens is 295 g/mol. The molecule has 122 valence electrons. The van der Waals surface area contributed by atoms with Crippen molar-refractivity contribution >= 4 is 5.97 Å². The van der Waals surface area contributed by atoms with Crippen molar-refractivity contribution in [3.8, 4) is 11.5 Å². The Morgan fingerprint density at radius 3 is 2.22 bits per heavy atom. The van der Waals surface area contributed by atoms with E-state index < -0.39 is 17.2 Å². The summed E-state index contributed by atoms with van der Waals surface area (Å²) >= 11 is 0. The molecule has 0 N–H and O–H groups in total. The van der Waals surface area contributed by atoms with Gasteiger partial charge in [-0.25, -0.2) is 4.39 Å². The molecule has 2 rings (SSSR count). The smallest absolute Gasteiger partial charge is 0.308 e. The first-order valence-electron chi connectivity index (χ1n) is 7.47. The second kappa shape index (κ2) is 6.82. The number of carbonyl (C=O) groups excluding carboxylic acids is 1. The highest BCUT2D eigenvalue weighted by Crippen LogP contribution is 2.38. The number of esters is 1.